The average Bonchev–Trinajstić information content (AvgIpc) is 3.67. The van der Waals surface area contributed by atoms with Crippen LogP contribution in [0.15, 0.2) is 273 Å². The van der Waals surface area contributed by atoms with Gasteiger partial charge in [-0.3, -0.25) is 0 Å². The Morgan fingerprint density at radius 2 is 0.418 bits per heavy atom. The summed E-state index contributed by atoms with van der Waals surface area (Å²) in [5.41, 5.74) is 5.60. The largest absolute Gasteiger partial charge is 0.457 e. The topological polar surface area (TPSA) is 40.2 Å². The summed E-state index contributed by atoms with van der Waals surface area (Å²) in [6.07, 6.45) is 0. The van der Waals surface area contributed by atoms with E-state index in [1.807, 2.05) is 121 Å². The highest BCUT2D eigenvalue weighted by atomic mass is 16.5. The number of nitrogens with zero attached hydrogens (tertiary/aromatic N) is 1. The molecule has 1 heterocycles. The SMILES string of the molecule is c1ccc(Oc2ccc(C3(c4ccc(Oc5ccccc5)cc4)c4ccccc4C(c4ccc(Oc5ccccc5)cc4)(c4ccc(Oc5ccccc5)cc4)N3c3ccccc3)cc2)cc1. The first-order chi connectivity index (χ1) is 33.2. The van der Waals surface area contributed by atoms with Crippen molar-refractivity contribution in [1.82, 2.24) is 0 Å². The zero-order valence-electron chi connectivity index (χ0n) is 36.6. The predicted octanol–water partition coefficient (Wildman–Crippen LogP) is 16.0. The van der Waals surface area contributed by atoms with Crippen molar-refractivity contribution < 1.29 is 18.9 Å². The highest BCUT2D eigenvalue weighted by molar-refractivity contribution is 5.78. The van der Waals surface area contributed by atoms with E-state index in [1.165, 1.54) is 0 Å². The molecular weight excluding hydrogens is 823 g/mol. The van der Waals surface area contributed by atoms with Crippen LogP contribution >= 0.6 is 0 Å². The molecule has 0 saturated carbocycles. The van der Waals surface area contributed by atoms with Crippen LogP contribution in [-0.4, -0.2) is 0 Å². The molecule has 5 nitrogen and oxygen atoms in total. The van der Waals surface area contributed by atoms with Crippen molar-refractivity contribution >= 4 is 5.69 Å². The maximum Gasteiger partial charge on any atom is 0.127 e. The minimum absolute atomic E-state index is 0.739. The highest BCUT2D eigenvalue weighted by Crippen LogP contribution is 2.63. The van der Waals surface area contributed by atoms with Gasteiger partial charge in [0.05, 0.1) is 0 Å². The molecule has 10 aromatic rings. The Labute approximate surface area is 391 Å². The lowest BCUT2D eigenvalue weighted by Crippen LogP contribution is -2.54. The van der Waals surface area contributed by atoms with Crippen LogP contribution in [0, 0.1) is 0 Å². The maximum atomic E-state index is 6.42. The molecule has 0 saturated heterocycles. The molecule has 0 unspecified atom stereocenters. The molecule has 0 bridgehead atoms. The van der Waals surface area contributed by atoms with Gasteiger partial charge in [0.2, 0.25) is 0 Å². The third-order valence-corrected chi connectivity index (χ3v) is 12.4. The fraction of sp³-hybridized carbons (Fsp3) is 0.0323. The van der Waals surface area contributed by atoms with Gasteiger partial charge in [-0.25, -0.2) is 0 Å². The van der Waals surface area contributed by atoms with Gasteiger partial charge in [-0.05, 0) is 143 Å². The van der Waals surface area contributed by atoms with Gasteiger partial charge in [-0.1, -0.05) is 164 Å². The molecule has 0 fully saturated rings. The first-order valence-corrected chi connectivity index (χ1v) is 22.5. The predicted molar refractivity (Wildman–Crippen MR) is 267 cm³/mol. The van der Waals surface area contributed by atoms with Gasteiger partial charge in [-0.2, -0.15) is 0 Å². The lowest BCUT2D eigenvalue weighted by molar-refractivity contribution is 0.472. The van der Waals surface area contributed by atoms with Crippen LogP contribution in [0.5, 0.6) is 46.0 Å². The number of para-hydroxylation sites is 5. The number of ether oxygens (including phenoxy) is 4. The molecule has 1 aliphatic heterocycles. The number of fused-ring (bicyclic) bond motifs is 1. The number of rotatable bonds is 13. The van der Waals surface area contributed by atoms with Crippen molar-refractivity contribution in [3.8, 4) is 46.0 Å². The lowest BCUT2D eigenvalue weighted by Gasteiger charge is -2.50. The number of hydrogen-bond acceptors (Lipinski definition) is 5. The summed E-state index contributed by atoms with van der Waals surface area (Å²) in [6, 6.07) is 93.6. The normalized spacial score (nSPS) is 13.3. The van der Waals surface area contributed by atoms with E-state index in [1.54, 1.807) is 0 Å². The number of benzene rings is 10. The molecule has 67 heavy (non-hydrogen) atoms. The van der Waals surface area contributed by atoms with Crippen molar-refractivity contribution in [3.63, 3.8) is 0 Å². The molecular formula is C62H45NO4. The van der Waals surface area contributed by atoms with E-state index < -0.39 is 11.1 Å². The molecule has 322 valence electrons. The van der Waals surface area contributed by atoms with Gasteiger partial charge < -0.3 is 23.8 Å². The van der Waals surface area contributed by atoms with Gasteiger partial charge in [-0.15, -0.1) is 0 Å². The fourth-order valence-corrected chi connectivity index (χ4v) is 9.60. The minimum atomic E-state index is -0.938. The van der Waals surface area contributed by atoms with Crippen molar-refractivity contribution in [2.75, 3.05) is 4.90 Å². The van der Waals surface area contributed by atoms with Crippen LogP contribution in [0.2, 0.25) is 0 Å². The van der Waals surface area contributed by atoms with Crippen LogP contribution in [-0.2, 0) is 11.1 Å². The molecule has 0 spiro atoms. The van der Waals surface area contributed by atoms with E-state index in [0.29, 0.717) is 0 Å². The minimum Gasteiger partial charge on any atom is -0.457 e. The molecule has 1 aliphatic rings. The molecule has 0 aromatic heterocycles. The maximum absolute atomic E-state index is 6.42. The summed E-state index contributed by atoms with van der Waals surface area (Å²) >= 11 is 0. The van der Waals surface area contributed by atoms with Gasteiger partial charge in [0.1, 0.15) is 57.1 Å². The summed E-state index contributed by atoms with van der Waals surface area (Å²) < 4.78 is 25.7. The van der Waals surface area contributed by atoms with Crippen molar-refractivity contribution in [2.45, 2.75) is 11.1 Å². The molecule has 0 aliphatic carbocycles. The number of hydrogen-bond donors (Lipinski definition) is 0. The molecule has 5 heteroatoms. The first kappa shape index (κ1) is 40.9. The molecule has 0 atom stereocenters. The lowest BCUT2D eigenvalue weighted by atomic mass is 9.76. The molecule has 11 rings (SSSR count). The Hall–Kier alpha value is -8.80. The van der Waals surface area contributed by atoms with E-state index in [9.17, 15) is 0 Å². The molecule has 10 aromatic carbocycles. The van der Waals surface area contributed by atoms with Crippen LogP contribution in [0.25, 0.3) is 0 Å². The second kappa shape index (κ2) is 18.0. The number of anilines is 1. The van der Waals surface area contributed by atoms with Gasteiger partial charge in [0, 0.05) is 5.69 Å². The summed E-state index contributed by atoms with van der Waals surface area (Å²) in [6.45, 7) is 0. The Morgan fingerprint density at radius 3 is 0.672 bits per heavy atom. The molecule has 0 radical (unpaired) electrons. The summed E-state index contributed by atoms with van der Waals surface area (Å²) in [7, 11) is 0. The summed E-state index contributed by atoms with van der Waals surface area (Å²) in [4.78, 5) is 2.62. The van der Waals surface area contributed by atoms with E-state index in [0.717, 1.165) is 85.1 Å². The van der Waals surface area contributed by atoms with E-state index in [-0.39, 0.29) is 0 Å². The second-order valence-corrected chi connectivity index (χ2v) is 16.4. The van der Waals surface area contributed by atoms with E-state index in [4.69, 9.17) is 18.9 Å². The average molecular weight is 868 g/mol. The highest BCUT2D eigenvalue weighted by Gasteiger charge is 2.61. The van der Waals surface area contributed by atoms with Gasteiger partial charge in [0.15, 0.2) is 0 Å². The van der Waals surface area contributed by atoms with Crippen molar-refractivity contribution in [1.29, 1.82) is 0 Å². The standard InChI is InChI=1S/C62H45NO4/c1-6-18-50(19-7-1)63-61(46-30-38-55(39-31-46)64-51-20-8-2-9-21-51,47-32-40-56(41-33-47)65-52-22-10-3-11-23-52)59-28-16-17-29-60(59)62(63,48-34-42-57(43-35-48)66-53-24-12-4-13-25-53)49-36-44-58(45-37-49)67-54-26-14-5-15-27-54/h1-45H. The third kappa shape index (κ3) is 7.73. The Bertz CT molecular complexity index is 2810. The fourth-order valence-electron chi connectivity index (χ4n) is 9.60. The smallest absolute Gasteiger partial charge is 0.127 e. The zero-order chi connectivity index (χ0) is 44.9. The summed E-state index contributed by atoms with van der Waals surface area (Å²) in [5, 5.41) is 0. The van der Waals surface area contributed by atoms with Crippen LogP contribution in [0.4, 0.5) is 5.69 Å². The Morgan fingerprint density at radius 1 is 0.209 bits per heavy atom. The Kier molecular flexibility index (Phi) is 11.0. The van der Waals surface area contributed by atoms with Crippen LogP contribution < -0.4 is 23.8 Å². The van der Waals surface area contributed by atoms with Gasteiger partial charge in [0.25, 0.3) is 0 Å². The van der Waals surface area contributed by atoms with Crippen molar-refractivity contribution in [2.24, 2.45) is 0 Å². The van der Waals surface area contributed by atoms with E-state index >= 15 is 0 Å². The quantitative estimate of drug-likeness (QED) is 0.115. The van der Waals surface area contributed by atoms with Crippen LogP contribution in [0.3, 0.4) is 0 Å². The van der Waals surface area contributed by atoms with Crippen LogP contribution in [0.1, 0.15) is 33.4 Å². The van der Waals surface area contributed by atoms with Gasteiger partial charge >= 0.3 is 0 Å². The first-order valence-electron chi connectivity index (χ1n) is 22.5. The zero-order valence-corrected chi connectivity index (χ0v) is 36.6. The molecule has 0 N–H and O–H groups in total. The third-order valence-electron chi connectivity index (χ3n) is 12.4. The van der Waals surface area contributed by atoms with E-state index in [2.05, 4.69) is 157 Å². The monoisotopic (exact) mass is 867 g/mol. The Balaban J connectivity index is 1.17. The summed E-state index contributed by atoms with van der Waals surface area (Å²) in [5.74, 6) is 6.05. The molecule has 0 amide bonds. The van der Waals surface area contributed by atoms with Crippen molar-refractivity contribution in [3.05, 3.63) is 306 Å². The second-order valence-electron chi connectivity index (χ2n) is 16.4.